The Morgan fingerprint density at radius 1 is 1.47 bits per heavy atom. The monoisotopic (exact) mass is 283 g/mol. The van der Waals surface area contributed by atoms with Gasteiger partial charge in [-0.2, -0.15) is 13.2 Å². The number of halogens is 4. The third-order valence-electron chi connectivity index (χ3n) is 1.54. The largest absolute Gasteiger partial charge is 0.481 e. The van der Waals surface area contributed by atoms with E-state index in [1.165, 1.54) is 0 Å². The lowest BCUT2D eigenvalue weighted by Gasteiger charge is -2.08. The molecule has 1 rings (SSSR count). The Morgan fingerprint density at radius 3 is 2.47 bits per heavy atom. The van der Waals surface area contributed by atoms with Gasteiger partial charge in [0.2, 0.25) is 0 Å². The van der Waals surface area contributed by atoms with Gasteiger partial charge in [0.05, 0.1) is 17.7 Å². The number of alkyl halides is 3. The van der Waals surface area contributed by atoms with Crippen LogP contribution in [0, 0.1) is 0 Å². The average Bonchev–Trinajstić information content (AvgIpc) is 1.99. The van der Waals surface area contributed by atoms with Gasteiger partial charge in [-0.1, -0.05) is 0 Å². The first-order chi connectivity index (χ1) is 6.80. The maximum atomic E-state index is 12.3. The predicted octanol–water partition coefficient (Wildman–Crippen LogP) is 2.49. The van der Waals surface area contributed by atoms with Gasteiger partial charge in [-0.25, -0.2) is 4.98 Å². The third kappa shape index (κ3) is 3.19. The van der Waals surface area contributed by atoms with Gasteiger partial charge in [0.25, 0.3) is 0 Å². The van der Waals surface area contributed by atoms with Crippen LogP contribution >= 0.6 is 15.9 Å². The zero-order valence-electron chi connectivity index (χ0n) is 7.18. The summed E-state index contributed by atoms with van der Waals surface area (Å²) >= 11 is 2.65. The van der Waals surface area contributed by atoms with Gasteiger partial charge in [0.1, 0.15) is 4.60 Å². The van der Waals surface area contributed by atoms with Crippen molar-refractivity contribution in [2.75, 3.05) is 0 Å². The molecule has 0 radical (unpaired) electrons. The Morgan fingerprint density at radius 2 is 2.07 bits per heavy atom. The highest BCUT2D eigenvalue weighted by Gasteiger charge is 2.33. The standard InChI is InChI=1S/C8H5BrF3NO2/c9-7-5(8(10,11)12)2-1-4(13-7)3-6(14)15/h1-2H,3H2,(H,14,15). The normalized spacial score (nSPS) is 11.5. The molecule has 0 aliphatic rings. The fourth-order valence-electron chi connectivity index (χ4n) is 0.937. The summed E-state index contributed by atoms with van der Waals surface area (Å²) in [5.74, 6) is -1.14. The fourth-order valence-corrected chi connectivity index (χ4v) is 1.52. The van der Waals surface area contributed by atoms with E-state index in [1.807, 2.05) is 0 Å². The van der Waals surface area contributed by atoms with E-state index in [4.69, 9.17) is 5.11 Å². The number of carboxylic acid groups (broad SMARTS) is 1. The van der Waals surface area contributed by atoms with Gasteiger partial charge < -0.3 is 5.11 Å². The van der Waals surface area contributed by atoms with Crippen LogP contribution in [0.5, 0.6) is 0 Å². The van der Waals surface area contributed by atoms with Gasteiger partial charge in [-0.15, -0.1) is 0 Å². The zero-order chi connectivity index (χ0) is 11.6. The van der Waals surface area contributed by atoms with E-state index in [9.17, 15) is 18.0 Å². The number of pyridine rings is 1. The molecule has 82 valence electrons. The topological polar surface area (TPSA) is 50.2 Å². The van der Waals surface area contributed by atoms with Crippen LogP contribution in [0.2, 0.25) is 0 Å². The molecule has 0 saturated heterocycles. The van der Waals surface area contributed by atoms with E-state index in [1.54, 1.807) is 0 Å². The predicted molar refractivity (Wildman–Crippen MR) is 48.3 cm³/mol. The van der Waals surface area contributed by atoms with Crippen molar-refractivity contribution in [3.8, 4) is 0 Å². The van der Waals surface area contributed by atoms with Crippen molar-refractivity contribution >= 4 is 21.9 Å². The number of nitrogens with zero attached hydrogens (tertiary/aromatic N) is 1. The number of rotatable bonds is 2. The summed E-state index contributed by atoms with van der Waals surface area (Å²) in [6, 6.07) is 1.84. The molecule has 1 aromatic rings. The van der Waals surface area contributed by atoms with Gasteiger partial charge in [0, 0.05) is 0 Å². The highest BCUT2D eigenvalue weighted by Crippen LogP contribution is 2.33. The van der Waals surface area contributed by atoms with Crippen LogP contribution in [0.25, 0.3) is 0 Å². The van der Waals surface area contributed by atoms with Crippen LogP contribution in [0.15, 0.2) is 16.7 Å². The molecule has 0 aliphatic heterocycles. The maximum Gasteiger partial charge on any atom is 0.419 e. The molecular formula is C8H5BrF3NO2. The summed E-state index contributed by atoms with van der Waals surface area (Å²) in [6.07, 6.45) is -4.90. The smallest absolute Gasteiger partial charge is 0.419 e. The Hall–Kier alpha value is -1.11. The Labute approximate surface area is 91.1 Å². The van der Waals surface area contributed by atoms with Crippen molar-refractivity contribution in [3.63, 3.8) is 0 Å². The lowest BCUT2D eigenvalue weighted by atomic mass is 10.2. The first-order valence-electron chi connectivity index (χ1n) is 3.75. The highest BCUT2D eigenvalue weighted by molar-refractivity contribution is 9.10. The number of aliphatic carboxylic acids is 1. The minimum Gasteiger partial charge on any atom is -0.481 e. The van der Waals surface area contributed by atoms with Crippen LogP contribution in [0.3, 0.4) is 0 Å². The molecule has 7 heteroatoms. The molecule has 1 heterocycles. The summed E-state index contributed by atoms with van der Waals surface area (Å²) in [5, 5.41) is 8.41. The van der Waals surface area contributed by atoms with Gasteiger partial charge in [-0.05, 0) is 28.1 Å². The number of hydrogen-bond acceptors (Lipinski definition) is 2. The van der Waals surface area contributed by atoms with Crippen molar-refractivity contribution in [1.82, 2.24) is 4.98 Å². The molecule has 0 aromatic carbocycles. The average molecular weight is 284 g/mol. The molecule has 0 bridgehead atoms. The third-order valence-corrected chi connectivity index (χ3v) is 2.15. The molecule has 0 amide bonds. The first kappa shape index (κ1) is 12.0. The van der Waals surface area contributed by atoms with E-state index < -0.39 is 28.7 Å². The summed E-state index contributed by atoms with van der Waals surface area (Å²) in [6.45, 7) is 0. The van der Waals surface area contributed by atoms with Gasteiger partial charge in [-0.3, -0.25) is 4.79 Å². The van der Waals surface area contributed by atoms with Crippen molar-refractivity contribution in [2.24, 2.45) is 0 Å². The molecule has 0 atom stereocenters. The minimum atomic E-state index is -4.49. The minimum absolute atomic E-state index is 0.0716. The van der Waals surface area contributed by atoms with Crippen molar-refractivity contribution in [3.05, 3.63) is 28.0 Å². The van der Waals surface area contributed by atoms with Crippen LogP contribution in [0.1, 0.15) is 11.3 Å². The van der Waals surface area contributed by atoms with Crippen LogP contribution in [-0.2, 0) is 17.4 Å². The SMILES string of the molecule is O=C(O)Cc1ccc(C(F)(F)F)c(Br)n1. The lowest BCUT2D eigenvalue weighted by Crippen LogP contribution is -2.09. The van der Waals surface area contributed by atoms with Crippen molar-refractivity contribution in [1.29, 1.82) is 0 Å². The fraction of sp³-hybridized carbons (Fsp3) is 0.250. The van der Waals surface area contributed by atoms with Gasteiger partial charge in [0.15, 0.2) is 0 Å². The molecule has 0 saturated carbocycles. The Balaban J connectivity index is 3.04. The maximum absolute atomic E-state index is 12.3. The molecule has 1 aromatic heterocycles. The van der Waals surface area contributed by atoms with E-state index in [-0.39, 0.29) is 5.69 Å². The number of hydrogen-bond donors (Lipinski definition) is 1. The molecule has 0 fully saturated rings. The van der Waals surface area contributed by atoms with Crippen LogP contribution < -0.4 is 0 Å². The van der Waals surface area contributed by atoms with Crippen molar-refractivity contribution < 1.29 is 23.1 Å². The molecule has 0 spiro atoms. The summed E-state index contributed by atoms with van der Waals surface area (Å²) in [4.78, 5) is 13.8. The second-order valence-electron chi connectivity index (χ2n) is 2.71. The zero-order valence-corrected chi connectivity index (χ0v) is 8.76. The number of carboxylic acids is 1. The van der Waals surface area contributed by atoms with E-state index in [2.05, 4.69) is 20.9 Å². The molecule has 0 aliphatic carbocycles. The summed E-state index contributed by atoms with van der Waals surface area (Å²) < 4.78 is 36.4. The molecule has 15 heavy (non-hydrogen) atoms. The molecule has 0 unspecified atom stereocenters. The second-order valence-corrected chi connectivity index (χ2v) is 3.46. The van der Waals surface area contributed by atoms with E-state index >= 15 is 0 Å². The Kier molecular flexibility index (Phi) is 3.33. The summed E-state index contributed by atoms with van der Waals surface area (Å²) in [7, 11) is 0. The number of carbonyl (C=O) groups is 1. The first-order valence-corrected chi connectivity index (χ1v) is 4.54. The van der Waals surface area contributed by atoms with Crippen LogP contribution in [-0.4, -0.2) is 16.1 Å². The molecule has 1 N–H and O–H groups in total. The van der Waals surface area contributed by atoms with Crippen LogP contribution in [0.4, 0.5) is 13.2 Å². The lowest BCUT2D eigenvalue weighted by molar-refractivity contribution is -0.138. The Bertz CT molecular complexity index is 392. The van der Waals surface area contributed by atoms with E-state index in [0.717, 1.165) is 12.1 Å². The quantitative estimate of drug-likeness (QED) is 0.849. The summed E-state index contributed by atoms with van der Waals surface area (Å²) in [5.41, 5.74) is -0.848. The molecular weight excluding hydrogens is 279 g/mol. The number of aromatic nitrogens is 1. The highest BCUT2D eigenvalue weighted by atomic mass is 79.9. The second kappa shape index (κ2) is 4.18. The van der Waals surface area contributed by atoms with Gasteiger partial charge >= 0.3 is 12.1 Å². The molecule has 3 nitrogen and oxygen atoms in total. The van der Waals surface area contributed by atoms with Crippen molar-refractivity contribution in [2.45, 2.75) is 12.6 Å². The van der Waals surface area contributed by atoms with E-state index in [0.29, 0.717) is 0 Å².